The number of aromatic nitrogens is 2. The lowest BCUT2D eigenvalue weighted by Crippen LogP contribution is -2.51. The topological polar surface area (TPSA) is 159 Å². The Morgan fingerprint density at radius 1 is 0.932 bits per heavy atom. The largest absolute Gasteiger partial charge is 0.362 e. The molecule has 1 fully saturated rings. The minimum Gasteiger partial charge on any atom is -0.362 e. The van der Waals surface area contributed by atoms with Crippen molar-refractivity contribution in [3.63, 3.8) is 0 Å². The van der Waals surface area contributed by atoms with E-state index in [4.69, 9.17) is 9.97 Å². The van der Waals surface area contributed by atoms with Gasteiger partial charge < -0.3 is 15.5 Å². The van der Waals surface area contributed by atoms with Gasteiger partial charge in [-0.05, 0) is 61.9 Å². The maximum absolute atomic E-state index is 13.5. The first kappa shape index (κ1) is 30.8. The zero-order valence-corrected chi connectivity index (χ0v) is 25.3. The van der Waals surface area contributed by atoms with Crippen molar-refractivity contribution in [3.05, 3.63) is 94.5 Å². The number of nitrogens with one attached hydrogen (secondary N) is 3. The molecular weight excluding hydrogens is 582 g/mol. The number of nitro groups is 1. The van der Waals surface area contributed by atoms with Crippen molar-refractivity contribution < 1.29 is 18.1 Å². The molecule has 0 aliphatic heterocycles. The monoisotopic (exact) mass is 617 g/mol. The predicted molar refractivity (Wildman–Crippen MR) is 169 cm³/mol. The number of sulfonamides is 1. The highest BCUT2D eigenvalue weighted by Crippen LogP contribution is 2.26. The number of benzene rings is 3. The molecule has 0 unspecified atom stereocenters. The molecule has 1 aromatic heterocycles. The van der Waals surface area contributed by atoms with Gasteiger partial charge >= 0.3 is 0 Å². The van der Waals surface area contributed by atoms with Gasteiger partial charge in [-0.25, -0.2) is 13.4 Å². The van der Waals surface area contributed by atoms with Crippen LogP contribution in [0.2, 0.25) is 0 Å². The average molecular weight is 618 g/mol. The van der Waals surface area contributed by atoms with Gasteiger partial charge in [-0.1, -0.05) is 42.5 Å². The molecule has 44 heavy (non-hydrogen) atoms. The molecule has 0 saturated heterocycles. The number of non-ortho nitro benzene ring substituents is 1. The van der Waals surface area contributed by atoms with Crippen molar-refractivity contribution in [3.8, 4) is 0 Å². The van der Waals surface area contributed by atoms with Gasteiger partial charge in [0.25, 0.3) is 5.69 Å². The van der Waals surface area contributed by atoms with E-state index >= 15 is 0 Å². The van der Waals surface area contributed by atoms with Crippen LogP contribution in [0, 0.1) is 10.1 Å². The standard InChI is InChI=1S/C31H35N7O5S/c1-37(2)29-26-10-6-7-11-27(26)34-31(35-29)33-23-14-12-22(13-15-23)32-30(39)28(20-21-8-4-3-5-9-21)36-44(42,43)25-18-16-24(17-19-25)38(40)41/h3-11,16-19,22-23,28,36H,12-15,20H2,1-2H3,(H,32,39)(H,33,34,35)/t22-,23+,28-/m0/s1. The first-order chi connectivity index (χ1) is 21.1. The molecule has 4 aromatic rings. The van der Waals surface area contributed by atoms with E-state index in [9.17, 15) is 23.3 Å². The number of fused-ring (bicyclic) bond motifs is 1. The molecule has 1 aliphatic carbocycles. The quantitative estimate of drug-likeness (QED) is 0.167. The first-order valence-electron chi connectivity index (χ1n) is 14.4. The summed E-state index contributed by atoms with van der Waals surface area (Å²) in [6, 6.07) is 20.5. The summed E-state index contributed by atoms with van der Waals surface area (Å²) in [6.07, 6.45) is 3.09. The number of hydrogen-bond donors (Lipinski definition) is 3. The average Bonchev–Trinajstić information content (AvgIpc) is 3.01. The second kappa shape index (κ2) is 13.3. The van der Waals surface area contributed by atoms with Crippen LogP contribution in [0.1, 0.15) is 31.2 Å². The van der Waals surface area contributed by atoms with E-state index in [0.717, 1.165) is 59.4 Å². The Morgan fingerprint density at radius 3 is 2.23 bits per heavy atom. The Morgan fingerprint density at radius 2 is 1.57 bits per heavy atom. The zero-order chi connectivity index (χ0) is 31.3. The Bertz CT molecular complexity index is 1730. The van der Waals surface area contributed by atoms with Crippen LogP contribution >= 0.6 is 0 Å². The number of carbonyl (C=O) groups excluding carboxylic acids is 1. The fourth-order valence-corrected chi connectivity index (χ4v) is 6.57. The molecule has 12 nitrogen and oxygen atoms in total. The number of carbonyl (C=O) groups is 1. The number of anilines is 2. The van der Waals surface area contributed by atoms with E-state index in [-0.39, 0.29) is 29.1 Å². The Labute approximate surface area is 256 Å². The molecule has 1 amide bonds. The Kier molecular flexibility index (Phi) is 9.35. The molecule has 1 atom stereocenters. The van der Waals surface area contributed by atoms with Gasteiger partial charge in [0.2, 0.25) is 21.9 Å². The van der Waals surface area contributed by atoms with E-state index in [1.807, 2.05) is 73.6 Å². The summed E-state index contributed by atoms with van der Waals surface area (Å²) in [6.45, 7) is 0. The van der Waals surface area contributed by atoms with E-state index in [2.05, 4.69) is 15.4 Å². The van der Waals surface area contributed by atoms with E-state index in [1.54, 1.807) is 0 Å². The third-order valence-corrected chi connectivity index (χ3v) is 9.16. The number of amides is 1. The third-order valence-electron chi connectivity index (χ3n) is 7.67. The van der Waals surface area contributed by atoms with Crippen molar-refractivity contribution in [2.75, 3.05) is 24.3 Å². The van der Waals surface area contributed by atoms with E-state index in [0.29, 0.717) is 18.8 Å². The lowest BCUT2D eigenvalue weighted by atomic mass is 9.91. The van der Waals surface area contributed by atoms with Crippen LogP contribution in [0.5, 0.6) is 0 Å². The molecule has 230 valence electrons. The third kappa shape index (κ3) is 7.47. The summed E-state index contributed by atoms with van der Waals surface area (Å²) in [5, 5.41) is 18.5. The van der Waals surface area contributed by atoms with Crippen LogP contribution in [0.25, 0.3) is 10.9 Å². The molecule has 1 heterocycles. The van der Waals surface area contributed by atoms with Gasteiger partial charge in [-0.2, -0.15) is 9.71 Å². The summed E-state index contributed by atoms with van der Waals surface area (Å²) < 4.78 is 28.9. The SMILES string of the molecule is CN(C)c1nc(N[C@H]2CC[C@@H](NC(=O)[C@H](Cc3ccccc3)NS(=O)(=O)c3ccc([N+](=O)[O-])cc3)CC2)nc2ccccc12. The van der Waals surface area contributed by atoms with Crippen LogP contribution in [0.15, 0.2) is 83.8 Å². The summed E-state index contributed by atoms with van der Waals surface area (Å²) >= 11 is 0. The van der Waals surface area contributed by atoms with Gasteiger partial charge in [0.05, 0.1) is 15.3 Å². The van der Waals surface area contributed by atoms with Gasteiger partial charge in [-0.15, -0.1) is 0 Å². The van der Waals surface area contributed by atoms with Crippen molar-refractivity contribution >= 4 is 44.3 Å². The van der Waals surface area contributed by atoms with Crippen molar-refractivity contribution in [2.45, 2.75) is 55.1 Å². The number of hydrogen-bond acceptors (Lipinski definition) is 9. The normalized spacial score (nSPS) is 17.5. The number of rotatable bonds is 11. The Hall–Kier alpha value is -4.62. The fourth-order valence-electron chi connectivity index (χ4n) is 5.37. The second-order valence-corrected chi connectivity index (χ2v) is 12.8. The molecule has 0 bridgehead atoms. The van der Waals surface area contributed by atoms with Crippen molar-refractivity contribution in [1.82, 2.24) is 20.0 Å². The highest BCUT2D eigenvalue weighted by Gasteiger charge is 2.30. The van der Waals surface area contributed by atoms with Crippen LogP contribution in [-0.2, 0) is 21.2 Å². The Balaban J connectivity index is 1.24. The van der Waals surface area contributed by atoms with Crippen LogP contribution in [0.4, 0.5) is 17.5 Å². The van der Waals surface area contributed by atoms with Crippen LogP contribution in [-0.4, -0.2) is 61.4 Å². The molecule has 0 radical (unpaired) electrons. The zero-order valence-electron chi connectivity index (χ0n) is 24.5. The van der Waals surface area contributed by atoms with E-state index in [1.165, 1.54) is 0 Å². The van der Waals surface area contributed by atoms with Crippen LogP contribution in [0.3, 0.4) is 0 Å². The van der Waals surface area contributed by atoms with Crippen molar-refractivity contribution in [2.24, 2.45) is 0 Å². The molecule has 5 rings (SSSR count). The molecule has 1 aliphatic rings. The number of nitro benzene ring substituents is 1. The van der Waals surface area contributed by atoms with E-state index < -0.39 is 26.9 Å². The lowest BCUT2D eigenvalue weighted by molar-refractivity contribution is -0.384. The van der Waals surface area contributed by atoms with Crippen LogP contribution < -0.4 is 20.3 Å². The van der Waals surface area contributed by atoms with Gasteiger partial charge in [0.15, 0.2) is 0 Å². The fraction of sp³-hybridized carbons (Fsp3) is 0.323. The first-order valence-corrected chi connectivity index (χ1v) is 15.9. The minimum atomic E-state index is -4.14. The molecule has 1 saturated carbocycles. The summed E-state index contributed by atoms with van der Waals surface area (Å²) in [7, 11) is -0.242. The lowest BCUT2D eigenvalue weighted by Gasteiger charge is -2.31. The molecule has 3 N–H and O–H groups in total. The number of para-hydroxylation sites is 1. The molecule has 13 heteroatoms. The maximum atomic E-state index is 13.5. The summed E-state index contributed by atoms with van der Waals surface area (Å²) in [5.74, 6) is 0.965. The van der Waals surface area contributed by atoms with Gasteiger partial charge in [0, 0.05) is 43.7 Å². The minimum absolute atomic E-state index is 0.125. The smallest absolute Gasteiger partial charge is 0.269 e. The van der Waals surface area contributed by atoms with Gasteiger partial charge in [-0.3, -0.25) is 14.9 Å². The molecular formula is C31H35N7O5S. The van der Waals surface area contributed by atoms with Gasteiger partial charge in [0.1, 0.15) is 11.9 Å². The second-order valence-electron chi connectivity index (χ2n) is 11.1. The summed E-state index contributed by atoms with van der Waals surface area (Å²) in [5.41, 5.74) is 1.42. The van der Waals surface area contributed by atoms with Crippen molar-refractivity contribution in [1.29, 1.82) is 0 Å². The highest BCUT2D eigenvalue weighted by atomic mass is 32.2. The predicted octanol–water partition coefficient (Wildman–Crippen LogP) is 4.03. The number of nitrogens with zero attached hydrogens (tertiary/aromatic N) is 4. The maximum Gasteiger partial charge on any atom is 0.269 e. The molecule has 3 aromatic carbocycles. The highest BCUT2D eigenvalue weighted by molar-refractivity contribution is 7.89. The summed E-state index contributed by atoms with van der Waals surface area (Å²) in [4.78, 5) is 35.1. The molecule has 0 spiro atoms.